The van der Waals surface area contributed by atoms with Gasteiger partial charge in [0.05, 0.1) is 0 Å². The number of likely N-dealkylation sites (tertiary alicyclic amines) is 1. The molecule has 3 heteroatoms. The smallest absolute Gasteiger partial charge is 0.225 e. The molecule has 0 aromatic heterocycles. The minimum absolute atomic E-state index is 0.191. The first kappa shape index (κ1) is 12.9. The van der Waals surface area contributed by atoms with Crippen molar-refractivity contribution in [1.29, 1.82) is 0 Å². The fraction of sp³-hybridized carbons (Fsp3) is 0.929. The van der Waals surface area contributed by atoms with Crippen LogP contribution in [0.3, 0.4) is 0 Å². The number of piperidine rings is 1. The van der Waals surface area contributed by atoms with Gasteiger partial charge in [0, 0.05) is 24.5 Å². The quantitative estimate of drug-likeness (QED) is 0.816. The first-order chi connectivity index (χ1) is 7.95. The topological polar surface area (TPSA) is 32.3 Å². The summed E-state index contributed by atoms with van der Waals surface area (Å²) in [5, 5.41) is 3.20. The Hall–Kier alpha value is -0.570. The van der Waals surface area contributed by atoms with Gasteiger partial charge in [-0.15, -0.1) is 0 Å². The van der Waals surface area contributed by atoms with Crippen LogP contribution in [0.5, 0.6) is 0 Å². The molecule has 2 rings (SSSR count). The number of hydrogen-bond acceptors (Lipinski definition) is 2. The van der Waals surface area contributed by atoms with Crippen LogP contribution in [0.1, 0.15) is 46.5 Å². The van der Waals surface area contributed by atoms with Crippen molar-refractivity contribution in [2.75, 3.05) is 19.6 Å². The molecule has 1 unspecified atom stereocenters. The molecule has 1 aliphatic heterocycles. The van der Waals surface area contributed by atoms with Crippen LogP contribution < -0.4 is 5.32 Å². The number of nitrogens with zero attached hydrogens (tertiary/aromatic N) is 1. The van der Waals surface area contributed by atoms with Gasteiger partial charge in [0.1, 0.15) is 0 Å². The highest BCUT2D eigenvalue weighted by atomic mass is 16.2. The van der Waals surface area contributed by atoms with Gasteiger partial charge in [-0.2, -0.15) is 0 Å². The van der Waals surface area contributed by atoms with Gasteiger partial charge in [-0.25, -0.2) is 0 Å². The van der Waals surface area contributed by atoms with E-state index >= 15 is 0 Å². The maximum atomic E-state index is 11.9. The standard InChI is InChI=1S/C14H26N2O/c1-14(2,3)13(17)15-12-5-4-8-16(10-12)9-11-6-7-11/h11-12H,4-10H2,1-3H3,(H,15,17). The van der Waals surface area contributed by atoms with Crippen LogP contribution in [0.4, 0.5) is 0 Å². The van der Waals surface area contributed by atoms with E-state index in [4.69, 9.17) is 0 Å². The van der Waals surface area contributed by atoms with E-state index in [-0.39, 0.29) is 11.3 Å². The second-order valence-electron chi connectivity index (χ2n) is 6.77. The molecule has 0 bridgehead atoms. The van der Waals surface area contributed by atoms with Gasteiger partial charge >= 0.3 is 0 Å². The minimum Gasteiger partial charge on any atom is -0.352 e. The highest BCUT2D eigenvalue weighted by Gasteiger charge is 2.29. The van der Waals surface area contributed by atoms with Crippen molar-refractivity contribution < 1.29 is 4.79 Å². The Labute approximate surface area is 105 Å². The van der Waals surface area contributed by atoms with Crippen LogP contribution in [-0.4, -0.2) is 36.5 Å². The number of carbonyl (C=O) groups is 1. The summed E-state index contributed by atoms with van der Waals surface area (Å²) in [7, 11) is 0. The molecule has 98 valence electrons. The van der Waals surface area contributed by atoms with Gasteiger partial charge in [0.15, 0.2) is 0 Å². The maximum Gasteiger partial charge on any atom is 0.225 e. The van der Waals surface area contributed by atoms with Crippen LogP contribution >= 0.6 is 0 Å². The largest absolute Gasteiger partial charge is 0.352 e. The maximum absolute atomic E-state index is 11.9. The van der Waals surface area contributed by atoms with E-state index in [0.717, 1.165) is 18.9 Å². The molecule has 0 aromatic carbocycles. The monoisotopic (exact) mass is 238 g/mol. The van der Waals surface area contributed by atoms with E-state index in [0.29, 0.717) is 6.04 Å². The molecule has 1 heterocycles. The van der Waals surface area contributed by atoms with Gasteiger partial charge in [-0.1, -0.05) is 20.8 Å². The molecule has 1 N–H and O–H groups in total. The Balaban J connectivity index is 1.78. The van der Waals surface area contributed by atoms with Crippen LogP contribution in [0.15, 0.2) is 0 Å². The van der Waals surface area contributed by atoms with Gasteiger partial charge in [-0.05, 0) is 38.1 Å². The minimum atomic E-state index is -0.265. The molecule has 0 radical (unpaired) electrons. The molecule has 0 spiro atoms. The second-order valence-corrected chi connectivity index (χ2v) is 6.77. The van der Waals surface area contributed by atoms with Crippen molar-refractivity contribution in [2.45, 2.75) is 52.5 Å². The summed E-state index contributed by atoms with van der Waals surface area (Å²) in [5.41, 5.74) is -0.265. The first-order valence-corrected chi connectivity index (χ1v) is 6.98. The van der Waals surface area contributed by atoms with Crippen LogP contribution in [0.2, 0.25) is 0 Å². The third-order valence-corrected chi connectivity index (χ3v) is 3.74. The molecule has 1 amide bonds. The normalized spacial score (nSPS) is 26.9. The summed E-state index contributed by atoms with van der Waals surface area (Å²) in [4.78, 5) is 14.5. The number of carbonyl (C=O) groups excluding carboxylic acids is 1. The Bertz CT molecular complexity index is 278. The third kappa shape index (κ3) is 3.98. The lowest BCUT2D eigenvalue weighted by molar-refractivity contribution is -0.129. The second kappa shape index (κ2) is 4.97. The molecule has 1 atom stereocenters. The highest BCUT2D eigenvalue weighted by Crippen LogP contribution is 2.30. The van der Waals surface area contributed by atoms with Gasteiger partial charge < -0.3 is 10.2 Å². The summed E-state index contributed by atoms with van der Waals surface area (Å²) in [6.07, 6.45) is 5.19. The number of rotatable bonds is 3. The molecule has 2 fully saturated rings. The van der Waals surface area contributed by atoms with Gasteiger partial charge in [0.2, 0.25) is 5.91 Å². The highest BCUT2D eigenvalue weighted by molar-refractivity contribution is 5.81. The molecular weight excluding hydrogens is 212 g/mol. The van der Waals surface area contributed by atoms with Crippen molar-refractivity contribution >= 4 is 5.91 Å². The molecule has 17 heavy (non-hydrogen) atoms. The third-order valence-electron chi connectivity index (χ3n) is 3.74. The average Bonchev–Trinajstić information content (AvgIpc) is 3.00. The fourth-order valence-electron chi connectivity index (χ4n) is 2.41. The number of amides is 1. The SMILES string of the molecule is CC(C)(C)C(=O)NC1CCCN(CC2CC2)C1. The number of hydrogen-bond donors (Lipinski definition) is 1. The van der Waals surface area contributed by atoms with E-state index in [1.165, 1.54) is 32.4 Å². The van der Waals surface area contributed by atoms with Crippen molar-refractivity contribution in [3.8, 4) is 0 Å². The molecule has 0 aromatic rings. The Morgan fingerprint density at radius 1 is 1.29 bits per heavy atom. The summed E-state index contributed by atoms with van der Waals surface area (Å²) >= 11 is 0. The summed E-state index contributed by atoms with van der Waals surface area (Å²) in [6.45, 7) is 9.46. The average molecular weight is 238 g/mol. The van der Waals surface area contributed by atoms with Crippen molar-refractivity contribution in [1.82, 2.24) is 10.2 Å². The predicted octanol–water partition coefficient (Wildman–Crippen LogP) is 2.02. The van der Waals surface area contributed by atoms with Crippen molar-refractivity contribution in [2.24, 2.45) is 11.3 Å². The van der Waals surface area contributed by atoms with Gasteiger partial charge in [0.25, 0.3) is 0 Å². The van der Waals surface area contributed by atoms with E-state index in [1.807, 2.05) is 20.8 Å². The molecule has 1 aliphatic carbocycles. The Kier molecular flexibility index (Phi) is 3.76. The van der Waals surface area contributed by atoms with Crippen LogP contribution in [-0.2, 0) is 4.79 Å². The molecule has 1 saturated carbocycles. The van der Waals surface area contributed by atoms with E-state index < -0.39 is 0 Å². The van der Waals surface area contributed by atoms with Crippen LogP contribution in [0.25, 0.3) is 0 Å². The Morgan fingerprint density at radius 3 is 2.59 bits per heavy atom. The molecular formula is C14H26N2O. The zero-order valence-electron chi connectivity index (χ0n) is 11.5. The molecule has 2 aliphatic rings. The zero-order valence-corrected chi connectivity index (χ0v) is 11.5. The van der Waals surface area contributed by atoms with E-state index in [1.54, 1.807) is 0 Å². The van der Waals surface area contributed by atoms with E-state index in [2.05, 4.69) is 10.2 Å². The Morgan fingerprint density at radius 2 is 2.00 bits per heavy atom. The van der Waals surface area contributed by atoms with Gasteiger partial charge in [-0.3, -0.25) is 4.79 Å². The fourth-order valence-corrected chi connectivity index (χ4v) is 2.41. The predicted molar refractivity (Wildman–Crippen MR) is 69.8 cm³/mol. The van der Waals surface area contributed by atoms with Crippen LogP contribution in [0, 0.1) is 11.3 Å². The molecule has 1 saturated heterocycles. The lowest BCUT2D eigenvalue weighted by Crippen LogP contribution is -2.50. The summed E-state index contributed by atoms with van der Waals surface area (Å²) in [6, 6.07) is 0.370. The summed E-state index contributed by atoms with van der Waals surface area (Å²) < 4.78 is 0. The first-order valence-electron chi connectivity index (χ1n) is 6.98. The van der Waals surface area contributed by atoms with Crippen molar-refractivity contribution in [3.63, 3.8) is 0 Å². The lowest BCUT2D eigenvalue weighted by atomic mass is 9.94. The lowest BCUT2D eigenvalue weighted by Gasteiger charge is -2.34. The summed E-state index contributed by atoms with van der Waals surface area (Å²) in [5.74, 6) is 1.14. The van der Waals surface area contributed by atoms with Crippen molar-refractivity contribution in [3.05, 3.63) is 0 Å². The number of nitrogens with one attached hydrogen (secondary N) is 1. The van der Waals surface area contributed by atoms with E-state index in [9.17, 15) is 4.79 Å². The zero-order chi connectivity index (χ0) is 12.5. The molecule has 3 nitrogen and oxygen atoms in total.